The first-order valence-electron chi connectivity index (χ1n) is 9.19. The molecule has 160 valence electrons. The smallest absolute Gasteiger partial charge is 0.345 e. The second-order valence-corrected chi connectivity index (χ2v) is 8.23. The molecule has 30 heavy (non-hydrogen) atoms. The molecule has 0 saturated heterocycles. The fraction of sp³-hybridized carbons (Fsp3) is 0.316. The molecule has 1 amide bonds. The molecule has 0 saturated carbocycles. The average molecular weight is 433 g/mol. The van der Waals surface area contributed by atoms with E-state index in [0.717, 1.165) is 5.76 Å². The second-order valence-electron chi connectivity index (χ2n) is 6.89. The summed E-state index contributed by atoms with van der Waals surface area (Å²) in [4.78, 5) is 18.0. The van der Waals surface area contributed by atoms with Crippen LogP contribution < -0.4 is 10.0 Å². The number of carbonyl (C=O) groups is 1. The Labute approximate surface area is 174 Å². The molecule has 0 unspecified atom stereocenters. The number of aliphatic imine (C=N–C) groups is 1. The molecular weight excluding hydrogens is 410 g/mol. The second kappa shape index (κ2) is 8.19. The predicted molar refractivity (Wildman–Crippen MR) is 113 cm³/mol. The van der Waals surface area contributed by atoms with Gasteiger partial charge in [0, 0.05) is 14.1 Å². The largest absolute Gasteiger partial charge is 0.505 e. The molecule has 1 aromatic heterocycles. The van der Waals surface area contributed by atoms with Crippen LogP contribution in [0.3, 0.4) is 0 Å². The number of hydrogen-bond donors (Lipinski definition) is 3. The van der Waals surface area contributed by atoms with Crippen molar-refractivity contribution in [3.8, 4) is 5.75 Å². The van der Waals surface area contributed by atoms with E-state index < -0.39 is 22.2 Å². The molecule has 11 heteroatoms. The van der Waals surface area contributed by atoms with Gasteiger partial charge in [-0.05, 0) is 37.6 Å². The van der Waals surface area contributed by atoms with Crippen molar-refractivity contribution in [1.82, 2.24) is 9.62 Å². The minimum atomic E-state index is -3.99. The zero-order valence-electron chi connectivity index (χ0n) is 17.0. The molecule has 0 bridgehead atoms. The summed E-state index contributed by atoms with van der Waals surface area (Å²) in [6.07, 6.45) is 0.559. The fourth-order valence-corrected chi connectivity index (χ4v) is 3.67. The van der Waals surface area contributed by atoms with Crippen LogP contribution >= 0.6 is 0 Å². The van der Waals surface area contributed by atoms with E-state index in [0.29, 0.717) is 12.2 Å². The maximum absolute atomic E-state index is 12.2. The van der Waals surface area contributed by atoms with Crippen molar-refractivity contribution in [2.45, 2.75) is 26.3 Å². The van der Waals surface area contributed by atoms with Crippen LogP contribution in [-0.2, 0) is 10.2 Å². The molecule has 2 aromatic rings. The number of amides is 1. The standard InChI is InChI=1S/C19H23N5O5S/c1-5-13(15-10-9-11(2)29-15)20-17-18(23-30(27,28)22-17)21-14-8-6-7-12(16(14)25)19(26)24(3)4/h6-10,13,25H,5H2,1-4H3,(H,20,22)(H,21,23)/t13-/m1/s1. The van der Waals surface area contributed by atoms with Crippen molar-refractivity contribution in [2.24, 2.45) is 9.39 Å². The first-order valence-corrected chi connectivity index (χ1v) is 10.6. The highest BCUT2D eigenvalue weighted by Crippen LogP contribution is 2.29. The van der Waals surface area contributed by atoms with E-state index in [-0.39, 0.29) is 28.7 Å². The molecule has 0 spiro atoms. The highest BCUT2D eigenvalue weighted by molar-refractivity contribution is 7.89. The van der Waals surface area contributed by atoms with Gasteiger partial charge in [0.1, 0.15) is 17.6 Å². The van der Waals surface area contributed by atoms with Gasteiger partial charge < -0.3 is 19.7 Å². The molecule has 3 N–H and O–H groups in total. The third-order valence-electron chi connectivity index (χ3n) is 4.35. The zero-order chi connectivity index (χ0) is 22.1. The van der Waals surface area contributed by atoms with E-state index in [1.54, 1.807) is 39.2 Å². The summed E-state index contributed by atoms with van der Waals surface area (Å²) in [5, 5.41) is 13.3. The van der Waals surface area contributed by atoms with E-state index in [1.165, 1.54) is 17.0 Å². The van der Waals surface area contributed by atoms with E-state index >= 15 is 0 Å². The Bertz CT molecular complexity index is 1130. The Kier molecular flexibility index (Phi) is 5.83. The summed E-state index contributed by atoms with van der Waals surface area (Å²) in [6, 6.07) is 7.68. The number of hydrogen-bond acceptors (Lipinski definition) is 7. The lowest BCUT2D eigenvalue weighted by atomic mass is 10.1. The van der Waals surface area contributed by atoms with Gasteiger partial charge in [-0.3, -0.25) is 9.79 Å². The van der Waals surface area contributed by atoms with Gasteiger partial charge in [0.2, 0.25) is 0 Å². The monoisotopic (exact) mass is 433 g/mol. The summed E-state index contributed by atoms with van der Waals surface area (Å²) < 4.78 is 35.6. The molecule has 0 fully saturated rings. The molecule has 0 radical (unpaired) electrons. The predicted octanol–water partition coefficient (Wildman–Crippen LogP) is 2.20. The van der Waals surface area contributed by atoms with Gasteiger partial charge in [-0.15, -0.1) is 4.40 Å². The topological polar surface area (TPSA) is 137 Å². The van der Waals surface area contributed by atoms with Crippen molar-refractivity contribution < 1.29 is 22.7 Å². The number of phenolic OH excluding ortho intramolecular Hbond substituents is 1. The Hall–Kier alpha value is -3.34. The van der Waals surface area contributed by atoms with E-state index in [4.69, 9.17) is 4.42 Å². The van der Waals surface area contributed by atoms with Crippen molar-refractivity contribution in [3.05, 3.63) is 47.4 Å². The van der Waals surface area contributed by atoms with Crippen LogP contribution in [0.5, 0.6) is 5.75 Å². The number of amidine groups is 2. The Morgan fingerprint density at radius 3 is 2.67 bits per heavy atom. The maximum Gasteiger partial charge on any atom is 0.345 e. The van der Waals surface area contributed by atoms with Gasteiger partial charge in [-0.1, -0.05) is 13.0 Å². The Morgan fingerprint density at radius 1 is 1.33 bits per heavy atom. The van der Waals surface area contributed by atoms with Crippen molar-refractivity contribution >= 4 is 33.5 Å². The number of benzene rings is 1. The fourth-order valence-electron chi connectivity index (χ4n) is 2.86. The number of anilines is 1. The quantitative estimate of drug-likeness (QED) is 0.619. The molecule has 1 aliphatic rings. The minimum absolute atomic E-state index is 0.0142. The van der Waals surface area contributed by atoms with Crippen molar-refractivity contribution in [2.75, 3.05) is 19.4 Å². The molecule has 3 rings (SSSR count). The van der Waals surface area contributed by atoms with E-state index in [9.17, 15) is 18.3 Å². The number of phenols is 1. The maximum atomic E-state index is 12.2. The zero-order valence-corrected chi connectivity index (χ0v) is 17.8. The Balaban J connectivity index is 1.96. The number of rotatable bonds is 5. The molecular formula is C19H23N5O5S. The normalized spacial score (nSPS) is 17.3. The van der Waals surface area contributed by atoms with Crippen LogP contribution in [0.25, 0.3) is 0 Å². The number of aromatic hydroxyl groups is 1. The summed E-state index contributed by atoms with van der Waals surface area (Å²) in [6.45, 7) is 3.70. The van der Waals surface area contributed by atoms with Crippen LogP contribution in [0, 0.1) is 6.92 Å². The first kappa shape index (κ1) is 21.4. The van der Waals surface area contributed by atoms with Gasteiger partial charge in [0.05, 0.1) is 11.3 Å². The van der Waals surface area contributed by atoms with Crippen LogP contribution in [0.15, 0.2) is 44.1 Å². The van der Waals surface area contributed by atoms with Crippen LogP contribution in [0.4, 0.5) is 5.69 Å². The van der Waals surface area contributed by atoms with Crippen molar-refractivity contribution in [1.29, 1.82) is 0 Å². The number of furan rings is 1. The number of aryl methyl sites for hydroxylation is 1. The lowest BCUT2D eigenvalue weighted by Crippen LogP contribution is -2.31. The summed E-state index contributed by atoms with van der Waals surface area (Å²) in [5.74, 6) is 0.477. The SMILES string of the molecule is CC[C@@H](N=C1NS(=O)(=O)N=C1Nc1cccc(C(=O)N(C)C)c1O)c1ccc(C)o1. The highest BCUT2D eigenvalue weighted by Gasteiger charge is 2.29. The van der Waals surface area contributed by atoms with Crippen LogP contribution in [0.1, 0.15) is 41.3 Å². The van der Waals surface area contributed by atoms with E-state index in [2.05, 4.69) is 19.4 Å². The van der Waals surface area contributed by atoms with Crippen LogP contribution in [-0.4, -0.2) is 50.1 Å². The van der Waals surface area contributed by atoms with Gasteiger partial charge >= 0.3 is 10.2 Å². The van der Waals surface area contributed by atoms with Crippen molar-refractivity contribution in [3.63, 3.8) is 0 Å². The summed E-state index contributed by atoms with van der Waals surface area (Å²) in [5.41, 5.74) is 0.185. The third kappa shape index (κ3) is 4.46. The lowest BCUT2D eigenvalue weighted by Gasteiger charge is -2.15. The minimum Gasteiger partial charge on any atom is -0.505 e. The molecule has 2 heterocycles. The molecule has 1 aliphatic heterocycles. The molecule has 10 nitrogen and oxygen atoms in total. The Morgan fingerprint density at radius 2 is 2.07 bits per heavy atom. The summed E-state index contributed by atoms with van der Waals surface area (Å²) >= 11 is 0. The molecule has 1 aromatic carbocycles. The number of nitrogens with zero attached hydrogens (tertiary/aromatic N) is 3. The van der Waals surface area contributed by atoms with Crippen LogP contribution in [0.2, 0.25) is 0 Å². The third-order valence-corrected chi connectivity index (χ3v) is 5.22. The number of carbonyl (C=O) groups excluding carboxylic acids is 1. The van der Waals surface area contributed by atoms with Gasteiger partial charge in [-0.25, -0.2) is 4.72 Å². The molecule has 0 aliphatic carbocycles. The first-order chi connectivity index (χ1) is 14.1. The lowest BCUT2D eigenvalue weighted by molar-refractivity contribution is 0.0824. The van der Waals surface area contributed by atoms with Gasteiger partial charge in [0.25, 0.3) is 5.91 Å². The number of para-hydroxylation sites is 1. The summed E-state index contributed by atoms with van der Waals surface area (Å²) in [7, 11) is -0.869. The average Bonchev–Trinajstić information content (AvgIpc) is 3.23. The van der Waals surface area contributed by atoms with E-state index in [1.807, 2.05) is 6.92 Å². The molecule has 1 atom stereocenters. The van der Waals surface area contributed by atoms with Gasteiger partial charge in [-0.2, -0.15) is 8.42 Å². The highest BCUT2D eigenvalue weighted by atomic mass is 32.2. The number of nitrogens with one attached hydrogen (secondary N) is 2. The van der Waals surface area contributed by atoms with Gasteiger partial charge in [0.15, 0.2) is 17.4 Å².